The second-order valence-electron chi connectivity index (χ2n) is 4.44. The molecule has 0 amide bonds. The van der Waals surface area contributed by atoms with Gasteiger partial charge in [-0.05, 0) is 37.5 Å². The van der Waals surface area contributed by atoms with Gasteiger partial charge in [0.1, 0.15) is 0 Å². The van der Waals surface area contributed by atoms with E-state index in [4.69, 9.17) is 5.73 Å². The third-order valence-corrected chi connectivity index (χ3v) is 3.37. The van der Waals surface area contributed by atoms with Crippen LogP contribution in [-0.4, -0.2) is 6.04 Å². The fraction of sp³-hybridized carbons (Fsp3) is 1.00. The predicted octanol–water partition coefficient (Wildman–Crippen LogP) is 2.94. The molecule has 1 fully saturated rings. The third-order valence-electron chi connectivity index (χ3n) is 3.37. The lowest BCUT2D eigenvalue weighted by molar-refractivity contribution is 0.315. The Morgan fingerprint density at radius 2 is 1.83 bits per heavy atom. The van der Waals surface area contributed by atoms with Crippen LogP contribution in [-0.2, 0) is 0 Å². The van der Waals surface area contributed by atoms with Crippen LogP contribution >= 0.6 is 0 Å². The van der Waals surface area contributed by atoms with Crippen molar-refractivity contribution in [1.82, 2.24) is 0 Å². The van der Waals surface area contributed by atoms with Crippen LogP contribution in [0, 0.1) is 11.8 Å². The molecule has 0 aromatic carbocycles. The van der Waals surface area contributed by atoms with Gasteiger partial charge in [-0.1, -0.05) is 26.7 Å². The molecule has 0 aliphatic heterocycles. The number of rotatable bonds is 2. The molecule has 1 saturated carbocycles. The molecule has 1 rings (SSSR count). The summed E-state index contributed by atoms with van der Waals surface area (Å²) in [7, 11) is 0. The molecule has 0 heterocycles. The summed E-state index contributed by atoms with van der Waals surface area (Å²) in [6.07, 6.45) is 7.98. The van der Waals surface area contributed by atoms with Gasteiger partial charge in [0.15, 0.2) is 0 Å². The van der Waals surface area contributed by atoms with E-state index in [1.165, 1.54) is 38.5 Å². The Balaban J connectivity index is 2.38. The maximum absolute atomic E-state index is 5.96. The summed E-state index contributed by atoms with van der Waals surface area (Å²) in [6, 6.07) is 0.495. The first kappa shape index (κ1) is 10.0. The van der Waals surface area contributed by atoms with Gasteiger partial charge < -0.3 is 5.73 Å². The highest BCUT2D eigenvalue weighted by molar-refractivity contribution is 4.76. The first-order valence-electron chi connectivity index (χ1n) is 5.49. The molecule has 0 radical (unpaired) electrons. The molecule has 0 saturated heterocycles. The topological polar surface area (TPSA) is 26.0 Å². The van der Waals surface area contributed by atoms with E-state index in [0.717, 1.165) is 11.8 Å². The molecular weight excluding hydrogens is 146 g/mol. The normalized spacial score (nSPS) is 37.8. The lowest BCUT2D eigenvalue weighted by Gasteiger charge is -2.19. The van der Waals surface area contributed by atoms with Crippen LogP contribution in [0.3, 0.4) is 0 Å². The van der Waals surface area contributed by atoms with Gasteiger partial charge in [-0.2, -0.15) is 0 Å². The minimum atomic E-state index is 0.495. The van der Waals surface area contributed by atoms with E-state index < -0.39 is 0 Å². The fourth-order valence-corrected chi connectivity index (χ4v) is 2.37. The summed E-state index contributed by atoms with van der Waals surface area (Å²) in [4.78, 5) is 0. The highest BCUT2D eigenvalue weighted by Crippen LogP contribution is 2.30. The first-order valence-corrected chi connectivity index (χ1v) is 5.49. The quantitative estimate of drug-likeness (QED) is 0.632. The largest absolute Gasteiger partial charge is 0.328 e. The first-order chi connectivity index (χ1) is 5.74. The Kier molecular flexibility index (Phi) is 4.07. The zero-order chi connectivity index (χ0) is 8.97. The van der Waals surface area contributed by atoms with Gasteiger partial charge in [-0.15, -0.1) is 0 Å². The highest BCUT2D eigenvalue weighted by Gasteiger charge is 2.21. The van der Waals surface area contributed by atoms with Crippen molar-refractivity contribution < 1.29 is 0 Å². The van der Waals surface area contributed by atoms with Crippen molar-refractivity contribution in [2.75, 3.05) is 0 Å². The van der Waals surface area contributed by atoms with Crippen LogP contribution in [0.1, 0.15) is 52.4 Å². The van der Waals surface area contributed by atoms with Crippen molar-refractivity contribution in [3.05, 3.63) is 0 Å². The molecule has 1 heteroatoms. The molecule has 12 heavy (non-hydrogen) atoms. The van der Waals surface area contributed by atoms with Gasteiger partial charge in [-0.3, -0.25) is 0 Å². The van der Waals surface area contributed by atoms with Crippen molar-refractivity contribution in [3.8, 4) is 0 Å². The van der Waals surface area contributed by atoms with Crippen molar-refractivity contribution in [2.24, 2.45) is 17.6 Å². The van der Waals surface area contributed by atoms with Crippen molar-refractivity contribution in [2.45, 2.75) is 58.4 Å². The molecule has 1 aliphatic rings. The van der Waals surface area contributed by atoms with Gasteiger partial charge in [0.25, 0.3) is 0 Å². The van der Waals surface area contributed by atoms with Crippen molar-refractivity contribution >= 4 is 0 Å². The van der Waals surface area contributed by atoms with Gasteiger partial charge in [0.05, 0.1) is 0 Å². The minimum absolute atomic E-state index is 0.495. The number of hydrogen-bond donors (Lipinski definition) is 1. The highest BCUT2D eigenvalue weighted by atomic mass is 14.6. The summed E-state index contributed by atoms with van der Waals surface area (Å²) in [5.41, 5.74) is 5.96. The smallest absolute Gasteiger partial charge is 0.00390 e. The summed E-state index contributed by atoms with van der Waals surface area (Å²) in [6.45, 7) is 4.69. The summed E-state index contributed by atoms with van der Waals surface area (Å²) in [5.74, 6) is 1.88. The second-order valence-corrected chi connectivity index (χ2v) is 4.44. The Morgan fingerprint density at radius 1 is 1.17 bits per heavy atom. The molecule has 0 aromatic rings. The average molecular weight is 169 g/mol. The maximum atomic E-state index is 5.96. The Bertz CT molecular complexity index is 122. The van der Waals surface area contributed by atoms with Crippen molar-refractivity contribution in [1.29, 1.82) is 0 Å². The molecule has 3 unspecified atom stereocenters. The van der Waals surface area contributed by atoms with Gasteiger partial charge >= 0.3 is 0 Å². The van der Waals surface area contributed by atoms with Crippen LogP contribution in [0.15, 0.2) is 0 Å². The van der Waals surface area contributed by atoms with Crippen LogP contribution in [0.5, 0.6) is 0 Å². The van der Waals surface area contributed by atoms with Crippen LogP contribution < -0.4 is 5.73 Å². The Morgan fingerprint density at radius 3 is 2.50 bits per heavy atom. The second kappa shape index (κ2) is 4.86. The summed E-state index contributed by atoms with van der Waals surface area (Å²) >= 11 is 0. The van der Waals surface area contributed by atoms with Gasteiger partial charge in [-0.25, -0.2) is 0 Å². The lowest BCUT2D eigenvalue weighted by Crippen LogP contribution is -2.18. The molecule has 0 bridgehead atoms. The number of hydrogen-bond acceptors (Lipinski definition) is 1. The predicted molar refractivity (Wildman–Crippen MR) is 54.0 cm³/mol. The number of nitrogens with two attached hydrogens (primary N) is 1. The van der Waals surface area contributed by atoms with E-state index in [1.54, 1.807) is 0 Å². The monoisotopic (exact) mass is 169 g/mol. The fourth-order valence-electron chi connectivity index (χ4n) is 2.37. The van der Waals surface area contributed by atoms with Crippen LogP contribution in [0.2, 0.25) is 0 Å². The van der Waals surface area contributed by atoms with Gasteiger partial charge in [0.2, 0.25) is 0 Å². The van der Waals surface area contributed by atoms with E-state index in [-0.39, 0.29) is 0 Å². The van der Waals surface area contributed by atoms with Crippen molar-refractivity contribution in [3.63, 3.8) is 0 Å². The summed E-state index contributed by atoms with van der Waals surface area (Å²) in [5, 5.41) is 0. The molecule has 0 spiro atoms. The molecule has 3 atom stereocenters. The molecule has 0 aromatic heterocycles. The third kappa shape index (κ3) is 2.78. The molecule has 1 nitrogen and oxygen atoms in total. The zero-order valence-corrected chi connectivity index (χ0v) is 8.55. The van der Waals surface area contributed by atoms with E-state index in [9.17, 15) is 0 Å². The molecule has 72 valence electrons. The minimum Gasteiger partial charge on any atom is -0.328 e. The summed E-state index contributed by atoms with van der Waals surface area (Å²) < 4.78 is 0. The SMILES string of the molecule is CCCC1CCC(N)CCC1C. The van der Waals surface area contributed by atoms with Gasteiger partial charge in [0, 0.05) is 6.04 Å². The Hall–Kier alpha value is -0.0400. The van der Waals surface area contributed by atoms with E-state index in [2.05, 4.69) is 13.8 Å². The Labute approximate surface area is 76.7 Å². The zero-order valence-electron chi connectivity index (χ0n) is 8.55. The molecular formula is C11H23N. The standard InChI is InChI=1S/C11H23N/c1-3-4-10-6-8-11(12)7-5-9(10)2/h9-11H,3-8,12H2,1-2H3. The van der Waals surface area contributed by atoms with Crippen LogP contribution in [0.25, 0.3) is 0 Å². The maximum Gasteiger partial charge on any atom is 0.00390 e. The average Bonchev–Trinajstić information content (AvgIpc) is 2.20. The van der Waals surface area contributed by atoms with E-state index >= 15 is 0 Å². The van der Waals surface area contributed by atoms with Crippen LogP contribution in [0.4, 0.5) is 0 Å². The molecule has 2 N–H and O–H groups in total. The van der Waals surface area contributed by atoms with E-state index in [1.807, 2.05) is 0 Å². The lowest BCUT2D eigenvalue weighted by atomic mass is 9.86. The molecule has 1 aliphatic carbocycles. The van der Waals surface area contributed by atoms with E-state index in [0.29, 0.717) is 6.04 Å².